The quantitative estimate of drug-likeness (QED) is 0.302. The normalized spacial score (nSPS) is 25.8. The molecule has 5 nitrogen and oxygen atoms in total. The van der Waals surface area contributed by atoms with E-state index < -0.39 is 11.8 Å². The predicted octanol–water partition coefficient (Wildman–Crippen LogP) is -1.66. The molecular weight excluding hydrogens is 112 g/mol. The van der Waals surface area contributed by atoms with Crippen LogP contribution in [-0.2, 0) is 14.4 Å². The van der Waals surface area contributed by atoms with Crippen LogP contribution in [-0.4, -0.2) is 16.9 Å². The van der Waals surface area contributed by atoms with Crippen LogP contribution in [0.3, 0.4) is 0 Å². The van der Waals surface area contributed by atoms with Gasteiger partial charge in [-0.3, -0.25) is 14.9 Å². The zero-order chi connectivity index (χ0) is 5.72. The molecule has 2 aliphatic rings. The average Bonchev–Trinajstić information content (AvgIpc) is 2.39. The lowest BCUT2D eigenvalue weighted by Gasteiger charge is -1.83. The highest BCUT2D eigenvalue weighted by Crippen LogP contribution is 2.29. The van der Waals surface area contributed by atoms with Crippen LogP contribution in [0.15, 0.2) is 0 Å². The van der Waals surface area contributed by atoms with Gasteiger partial charge in [-0.05, 0) is 0 Å². The summed E-state index contributed by atoms with van der Waals surface area (Å²) in [5.74, 6) is -1.26. The van der Waals surface area contributed by atoms with E-state index in [1.54, 1.807) is 0 Å². The summed E-state index contributed by atoms with van der Waals surface area (Å²) in [6.07, 6.45) is 0.250. The van der Waals surface area contributed by atoms with Crippen molar-refractivity contribution in [2.45, 2.75) is 0 Å². The Kier molecular flexibility index (Phi) is 0.410. The molecule has 8 heavy (non-hydrogen) atoms. The highest BCUT2D eigenvalue weighted by atomic mass is 16.9. The number of hydroxylamine groups is 2. The zero-order valence-corrected chi connectivity index (χ0v) is 3.67. The van der Waals surface area contributed by atoms with Crippen molar-refractivity contribution in [1.82, 2.24) is 10.4 Å². The van der Waals surface area contributed by atoms with Gasteiger partial charge in [-0.25, -0.2) is 4.84 Å². The van der Waals surface area contributed by atoms with E-state index in [9.17, 15) is 9.59 Å². The maximum absolute atomic E-state index is 10.3. The molecule has 0 saturated carbocycles. The fraction of sp³-hybridized carbons (Fsp3) is 0. The highest BCUT2D eigenvalue weighted by Gasteiger charge is 2.55. The lowest BCUT2D eigenvalue weighted by atomic mass is 10.6. The van der Waals surface area contributed by atoms with Gasteiger partial charge >= 0.3 is 18.2 Å². The molecule has 0 unspecified atom stereocenters. The molecule has 0 bridgehead atoms. The van der Waals surface area contributed by atoms with E-state index in [1.807, 2.05) is 0 Å². The number of carbonyl (C=O) groups excluding carboxylic acids is 2. The first kappa shape index (κ1) is 3.85. The Morgan fingerprint density at radius 1 is 1.50 bits per heavy atom. The number of carbonyl (C=O) groups is 2. The van der Waals surface area contributed by atoms with Gasteiger partial charge in [-0.1, -0.05) is 0 Å². The van der Waals surface area contributed by atoms with Crippen molar-refractivity contribution in [2.75, 3.05) is 0 Å². The van der Waals surface area contributed by atoms with E-state index in [-0.39, 0.29) is 6.35 Å². The van der Waals surface area contributed by atoms with Gasteiger partial charge in [0.25, 0.3) is 0 Å². The molecule has 0 aliphatic carbocycles. The summed E-state index contributed by atoms with van der Waals surface area (Å²) in [6.45, 7) is 0. The van der Waals surface area contributed by atoms with Gasteiger partial charge in [0.15, 0.2) is 0 Å². The first-order valence-corrected chi connectivity index (χ1v) is 1.99. The molecule has 0 spiro atoms. The molecule has 2 saturated heterocycles. The monoisotopic (exact) mass is 113 g/mol. The number of fused-ring (bicyclic) bond motifs is 1. The Morgan fingerprint density at radius 2 is 2.25 bits per heavy atom. The number of nitrogens with zero attached hydrogens (tertiary/aromatic N) is 1. The van der Waals surface area contributed by atoms with Gasteiger partial charge in [0.1, 0.15) is 0 Å². The maximum atomic E-state index is 10.3. The Bertz CT molecular complexity index is 177. The minimum Gasteiger partial charge on any atom is -0.293 e. The van der Waals surface area contributed by atoms with Crippen LogP contribution in [0.5, 0.6) is 0 Å². The molecule has 2 fully saturated rings. The van der Waals surface area contributed by atoms with Gasteiger partial charge in [-0.2, -0.15) is 0 Å². The van der Waals surface area contributed by atoms with Crippen LogP contribution in [0, 0.1) is 6.35 Å². The van der Waals surface area contributed by atoms with E-state index in [4.69, 9.17) is 0 Å². The highest BCUT2D eigenvalue weighted by molar-refractivity contribution is 6.38. The fourth-order valence-corrected chi connectivity index (χ4v) is 0.516. The second-order valence-corrected chi connectivity index (χ2v) is 1.45. The topological polar surface area (TPSA) is 61.7 Å². The third-order valence-corrected chi connectivity index (χ3v) is 0.929. The summed E-state index contributed by atoms with van der Waals surface area (Å²) in [5, 5.41) is 3.08. The number of rotatable bonds is 0. The van der Waals surface area contributed by atoms with Crippen molar-refractivity contribution < 1.29 is 14.4 Å². The molecule has 2 amide bonds. The van der Waals surface area contributed by atoms with Gasteiger partial charge in [0.05, 0.1) is 0 Å². The number of nitrogens with one attached hydrogen (secondary N) is 1. The largest absolute Gasteiger partial charge is 0.345 e. The summed E-state index contributed by atoms with van der Waals surface area (Å²) in [7, 11) is 0. The Hall–Kier alpha value is -1.10. The Morgan fingerprint density at radius 3 is 2.50 bits per heavy atom. The van der Waals surface area contributed by atoms with Crippen molar-refractivity contribution >= 4 is 11.8 Å². The molecular formula is C3HN2O3. The molecule has 0 aromatic rings. The number of hydrogen-bond donors (Lipinski definition) is 1. The predicted molar refractivity (Wildman–Crippen MR) is 19.3 cm³/mol. The molecule has 0 aromatic heterocycles. The van der Waals surface area contributed by atoms with Crippen LogP contribution < -0.4 is 5.32 Å². The van der Waals surface area contributed by atoms with E-state index in [2.05, 4.69) is 10.2 Å². The molecule has 0 atom stereocenters. The SMILES string of the molecule is O=C1N[C]2ON2C1=O. The number of hydrogen-bond acceptors (Lipinski definition) is 3. The van der Waals surface area contributed by atoms with Gasteiger partial charge in [0.2, 0.25) is 0 Å². The van der Waals surface area contributed by atoms with Crippen LogP contribution in [0.2, 0.25) is 0 Å². The third kappa shape index (κ3) is 0.261. The van der Waals surface area contributed by atoms with Crippen LogP contribution in [0.25, 0.3) is 0 Å². The van der Waals surface area contributed by atoms with E-state index in [1.165, 1.54) is 0 Å². The third-order valence-electron chi connectivity index (χ3n) is 0.929. The summed E-state index contributed by atoms with van der Waals surface area (Å²) in [6, 6.07) is 0. The summed E-state index contributed by atoms with van der Waals surface area (Å²) >= 11 is 0. The first-order chi connectivity index (χ1) is 3.79. The van der Waals surface area contributed by atoms with E-state index >= 15 is 0 Å². The van der Waals surface area contributed by atoms with Crippen molar-refractivity contribution in [3.05, 3.63) is 6.35 Å². The standard InChI is InChI=1S/C3HN2O3/c6-1-2(7)5-3(4-1)8-5/h(H,4,6). The second kappa shape index (κ2) is 0.851. The van der Waals surface area contributed by atoms with Gasteiger partial charge in [-0.15, -0.1) is 5.06 Å². The van der Waals surface area contributed by atoms with Crippen LogP contribution in [0.4, 0.5) is 0 Å². The van der Waals surface area contributed by atoms with Crippen molar-refractivity contribution in [3.8, 4) is 0 Å². The smallest absolute Gasteiger partial charge is 0.293 e. The summed E-state index contributed by atoms with van der Waals surface area (Å²) in [4.78, 5) is 24.9. The van der Waals surface area contributed by atoms with Crippen molar-refractivity contribution in [3.63, 3.8) is 0 Å². The molecule has 2 heterocycles. The first-order valence-electron chi connectivity index (χ1n) is 1.99. The van der Waals surface area contributed by atoms with Crippen LogP contribution in [0.1, 0.15) is 0 Å². The second-order valence-electron chi connectivity index (χ2n) is 1.45. The maximum Gasteiger partial charge on any atom is 0.345 e. The summed E-state index contributed by atoms with van der Waals surface area (Å²) in [5.41, 5.74) is 0. The Labute approximate surface area is 44.2 Å². The van der Waals surface area contributed by atoms with E-state index in [0.29, 0.717) is 0 Å². The Balaban J connectivity index is 2.31. The minimum absolute atomic E-state index is 0.250. The molecule has 2 rings (SSSR count). The molecule has 0 aromatic carbocycles. The van der Waals surface area contributed by atoms with Gasteiger partial charge < -0.3 is 0 Å². The molecule has 5 heteroatoms. The van der Waals surface area contributed by atoms with Gasteiger partial charge in [0, 0.05) is 0 Å². The lowest BCUT2D eigenvalue weighted by molar-refractivity contribution is -0.144. The van der Waals surface area contributed by atoms with Crippen molar-refractivity contribution in [2.24, 2.45) is 0 Å². The average molecular weight is 113 g/mol. The minimum atomic E-state index is -0.639. The van der Waals surface area contributed by atoms with E-state index in [0.717, 1.165) is 5.06 Å². The van der Waals surface area contributed by atoms with Crippen molar-refractivity contribution in [1.29, 1.82) is 0 Å². The zero-order valence-electron chi connectivity index (χ0n) is 3.67. The molecule has 2 aliphatic heterocycles. The molecule has 1 radical (unpaired) electrons. The summed E-state index contributed by atoms with van der Waals surface area (Å²) < 4.78 is 0. The molecule has 1 N–H and O–H groups in total. The fourth-order valence-electron chi connectivity index (χ4n) is 0.516. The molecule has 41 valence electrons. The van der Waals surface area contributed by atoms with Crippen LogP contribution >= 0.6 is 0 Å². The lowest BCUT2D eigenvalue weighted by Crippen LogP contribution is -2.24. The number of amides is 2.